The molecule has 28 heavy (non-hydrogen) atoms. The average molecular weight is 396 g/mol. The molecule has 0 aliphatic heterocycles. The van der Waals surface area contributed by atoms with Crippen LogP contribution in [0.2, 0.25) is 0 Å². The summed E-state index contributed by atoms with van der Waals surface area (Å²) >= 11 is 0. The standard InChI is InChI=1S/C24H45NO3/c1-3-5-7-9-10-11-12-13-14-16-18-20-23(19-17-15-8-6-4-2)28-24(27)21-25-22-26/h16,18,22-23H,3-15,17,19-21H2,1-2H3,(H,25,26)/b18-16+/t23-/m0/s1. The number of hydrogen-bond donors (Lipinski definition) is 1. The van der Waals surface area contributed by atoms with Gasteiger partial charge in [-0.15, -0.1) is 0 Å². The van der Waals surface area contributed by atoms with E-state index >= 15 is 0 Å². The zero-order chi connectivity index (χ0) is 20.7. The summed E-state index contributed by atoms with van der Waals surface area (Å²) in [6.45, 7) is 4.42. The molecule has 4 heteroatoms. The molecule has 0 unspecified atom stereocenters. The van der Waals surface area contributed by atoms with E-state index in [4.69, 9.17) is 4.74 Å². The summed E-state index contributed by atoms with van der Waals surface area (Å²) < 4.78 is 5.54. The highest BCUT2D eigenvalue weighted by atomic mass is 16.5. The largest absolute Gasteiger partial charge is 0.461 e. The van der Waals surface area contributed by atoms with Gasteiger partial charge in [0.2, 0.25) is 6.41 Å². The van der Waals surface area contributed by atoms with Crippen LogP contribution in [0.15, 0.2) is 12.2 Å². The summed E-state index contributed by atoms with van der Waals surface area (Å²) in [7, 11) is 0. The van der Waals surface area contributed by atoms with Crippen molar-refractivity contribution in [1.29, 1.82) is 0 Å². The van der Waals surface area contributed by atoms with Crippen LogP contribution in [0.5, 0.6) is 0 Å². The number of unbranched alkanes of at least 4 members (excludes halogenated alkanes) is 12. The first kappa shape index (κ1) is 26.7. The van der Waals surface area contributed by atoms with Gasteiger partial charge in [-0.05, 0) is 25.7 Å². The molecular weight excluding hydrogens is 350 g/mol. The minimum absolute atomic E-state index is 0.0438. The van der Waals surface area contributed by atoms with Crippen molar-refractivity contribution in [3.8, 4) is 0 Å². The SMILES string of the molecule is CCCCCCCCCC/C=C/C[C@H](CCCCCCC)OC(=O)CNC=O. The molecule has 0 aliphatic carbocycles. The fourth-order valence-corrected chi connectivity index (χ4v) is 3.31. The third kappa shape index (κ3) is 19.4. The summed E-state index contributed by atoms with van der Waals surface area (Å²) in [5.74, 6) is -0.345. The van der Waals surface area contributed by atoms with Crippen LogP contribution in [-0.4, -0.2) is 25.0 Å². The summed E-state index contributed by atoms with van der Waals surface area (Å²) in [6.07, 6.45) is 24.4. The first-order valence-corrected chi connectivity index (χ1v) is 11.8. The molecule has 0 aromatic rings. The lowest BCUT2D eigenvalue weighted by Gasteiger charge is -2.16. The van der Waals surface area contributed by atoms with Crippen LogP contribution in [0.1, 0.15) is 117 Å². The second kappa shape index (κ2) is 22.0. The summed E-state index contributed by atoms with van der Waals surface area (Å²) in [5, 5.41) is 2.38. The Morgan fingerprint density at radius 1 is 0.821 bits per heavy atom. The monoisotopic (exact) mass is 395 g/mol. The van der Waals surface area contributed by atoms with Crippen molar-refractivity contribution in [2.45, 2.75) is 123 Å². The first-order valence-electron chi connectivity index (χ1n) is 11.8. The molecule has 1 N–H and O–H groups in total. The highest BCUT2D eigenvalue weighted by molar-refractivity contribution is 5.74. The molecule has 0 radical (unpaired) electrons. The number of amides is 1. The average Bonchev–Trinajstić information content (AvgIpc) is 2.70. The van der Waals surface area contributed by atoms with Crippen molar-refractivity contribution >= 4 is 12.4 Å². The van der Waals surface area contributed by atoms with Crippen LogP contribution in [0, 0.1) is 0 Å². The van der Waals surface area contributed by atoms with Crippen molar-refractivity contribution < 1.29 is 14.3 Å². The Hall–Kier alpha value is -1.32. The molecule has 0 aromatic heterocycles. The zero-order valence-corrected chi connectivity index (χ0v) is 18.6. The fourth-order valence-electron chi connectivity index (χ4n) is 3.31. The van der Waals surface area contributed by atoms with E-state index < -0.39 is 0 Å². The Labute approximate surface area is 173 Å². The molecule has 4 nitrogen and oxygen atoms in total. The minimum Gasteiger partial charge on any atom is -0.461 e. The van der Waals surface area contributed by atoms with Gasteiger partial charge in [-0.1, -0.05) is 96.6 Å². The summed E-state index contributed by atoms with van der Waals surface area (Å²) in [4.78, 5) is 22.1. The molecule has 0 saturated heterocycles. The van der Waals surface area contributed by atoms with Crippen molar-refractivity contribution in [1.82, 2.24) is 5.32 Å². The molecule has 0 aliphatic rings. The Balaban J connectivity index is 3.94. The van der Waals surface area contributed by atoms with Gasteiger partial charge in [-0.3, -0.25) is 9.59 Å². The second-order valence-electron chi connectivity index (χ2n) is 7.78. The Bertz CT molecular complexity index is 382. The number of ether oxygens (including phenoxy) is 1. The number of nitrogens with one attached hydrogen (secondary N) is 1. The highest BCUT2D eigenvalue weighted by Gasteiger charge is 2.12. The highest BCUT2D eigenvalue weighted by Crippen LogP contribution is 2.14. The lowest BCUT2D eigenvalue weighted by atomic mass is 10.0. The van der Waals surface area contributed by atoms with Crippen LogP contribution in [-0.2, 0) is 14.3 Å². The first-order chi connectivity index (χ1) is 13.7. The maximum absolute atomic E-state index is 11.8. The van der Waals surface area contributed by atoms with Crippen molar-refractivity contribution in [3.05, 3.63) is 12.2 Å². The van der Waals surface area contributed by atoms with Crippen LogP contribution >= 0.6 is 0 Å². The van der Waals surface area contributed by atoms with Crippen LogP contribution in [0.4, 0.5) is 0 Å². The van der Waals surface area contributed by atoms with Gasteiger partial charge in [-0.25, -0.2) is 0 Å². The predicted molar refractivity (Wildman–Crippen MR) is 118 cm³/mol. The van der Waals surface area contributed by atoms with E-state index in [1.165, 1.54) is 77.0 Å². The Kier molecular flexibility index (Phi) is 20.9. The lowest BCUT2D eigenvalue weighted by Crippen LogP contribution is -2.27. The van der Waals surface area contributed by atoms with Crippen LogP contribution < -0.4 is 5.32 Å². The summed E-state index contributed by atoms with van der Waals surface area (Å²) in [5.41, 5.74) is 0. The molecular formula is C24H45NO3. The number of carbonyl (C=O) groups excluding carboxylic acids is 2. The molecule has 1 atom stereocenters. The third-order valence-electron chi connectivity index (χ3n) is 5.05. The number of rotatable bonds is 21. The predicted octanol–water partition coefficient (Wildman–Crippen LogP) is 6.48. The molecule has 0 heterocycles. The van der Waals surface area contributed by atoms with E-state index in [0.29, 0.717) is 6.41 Å². The van der Waals surface area contributed by atoms with E-state index in [1.807, 2.05) is 0 Å². The minimum atomic E-state index is -0.345. The van der Waals surface area contributed by atoms with E-state index in [9.17, 15) is 9.59 Å². The van der Waals surface area contributed by atoms with Gasteiger partial charge in [0, 0.05) is 6.42 Å². The van der Waals surface area contributed by atoms with Gasteiger partial charge in [0.05, 0.1) is 0 Å². The topological polar surface area (TPSA) is 55.4 Å². The number of allylic oxidation sites excluding steroid dienone is 1. The summed E-state index contributed by atoms with van der Waals surface area (Å²) in [6, 6.07) is 0. The second-order valence-corrected chi connectivity index (χ2v) is 7.78. The van der Waals surface area contributed by atoms with Gasteiger partial charge in [-0.2, -0.15) is 0 Å². The van der Waals surface area contributed by atoms with Gasteiger partial charge in [0.25, 0.3) is 0 Å². The maximum atomic E-state index is 11.8. The molecule has 0 spiro atoms. The van der Waals surface area contributed by atoms with Crippen LogP contribution in [0.3, 0.4) is 0 Å². The normalized spacial score (nSPS) is 12.2. The van der Waals surface area contributed by atoms with E-state index in [1.54, 1.807) is 0 Å². The third-order valence-corrected chi connectivity index (χ3v) is 5.05. The van der Waals surface area contributed by atoms with Crippen molar-refractivity contribution in [2.24, 2.45) is 0 Å². The molecule has 0 saturated carbocycles. The van der Waals surface area contributed by atoms with Gasteiger partial charge in [0.15, 0.2) is 0 Å². The Morgan fingerprint density at radius 3 is 2.00 bits per heavy atom. The number of carbonyl (C=O) groups is 2. The molecule has 1 amide bonds. The number of hydrogen-bond acceptors (Lipinski definition) is 3. The smallest absolute Gasteiger partial charge is 0.325 e. The molecule has 0 fully saturated rings. The van der Waals surface area contributed by atoms with Gasteiger partial charge in [0.1, 0.15) is 12.6 Å². The number of esters is 1. The molecule has 0 bridgehead atoms. The van der Waals surface area contributed by atoms with Gasteiger partial charge < -0.3 is 10.1 Å². The molecule has 164 valence electrons. The van der Waals surface area contributed by atoms with E-state index in [0.717, 1.165) is 25.7 Å². The van der Waals surface area contributed by atoms with Gasteiger partial charge >= 0.3 is 5.97 Å². The maximum Gasteiger partial charge on any atom is 0.325 e. The molecule has 0 rings (SSSR count). The van der Waals surface area contributed by atoms with E-state index in [-0.39, 0.29) is 18.6 Å². The van der Waals surface area contributed by atoms with Crippen molar-refractivity contribution in [2.75, 3.05) is 6.54 Å². The zero-order valence-electron chi connectivity index (χ0n) is 18.6. The van der Waals surface area contributed by atoms with Crippen molar-refractivity contribution in [3.63, 3.8) is 0 Å². The Morgan fingerprint density at radius 2 is 1.39 bits per heavy atom. The lowest BCUT2D eigenvalue weighted by molar-refractivity contribution is -0.148. The van der Waals surface area contributed by atoms with E-state index in [2.05, 4.69) is 31.3 Å². The fraction of sp³-hybridized carbons (Fsp3) is 0.833. The van der Waals surface area contributed by atoms with Crippen LogP contribution in [0.25, 0.3) is 0 Å². The quantitative estimate of drug-likeness (QED) is 0.105. The molecule has 0 aromatic carbocycles.